The number of carbonyl (C=O) groups excluding carboxylic acids is 1. The number of piperidine rings is 1. The van der Waals surface area contributed by atoms with Gasteiger partial charge in [0.25, 0.3) is 0 Å². The molecule has 2 aliphatic heterocycles. The molecule has 1 spiro atoms. The number of methoxy groups -OCH3 is 1. The fourth-order valence-electron chi connectivity index (χ4n) is 5.15. The molecule has 5 atom stereocenters. The second-order valence-corrected chi connectivity index (χ2v) is 10.9. The third-order valence-electron chi connectivity index (χ3n) is 7.27. The van der Waals surface area contributed by atoms with Crippen molar-refractivity contribution >= 4 is 6.09 Å². The first kappa shape index (κ1) is 23.4. The van der Waals surface area contributed by atoms with E-state index in [4.69, 9.17) is 18.9 Å². The molecule has 2 saturated heterocycles. The largest absolute Gasteiger partial charge is 0.444 e. The van der Waals surface area contributed by atoms with Crippen LogP contribution in [0.3, 0.4) is 0 Å². The van der Waals surface area contributed by atoms with Gasteiger partial charge in [-0.05, 0) is 66.0 Å². The Morgan fingerprint density at radius 1 is 1.28 bits per heavy atom. The number of hydrogen-bond donors (Lipinski definition) is 1. The summed E-state index contributed by atoms with van der Waals surface area (Å²) in [5.41, 5.74) is -1.28. The Balaban J connectivity index is 1.75. The van der Waals surface area contributed by atoms with Crippen LogP contribution in [0.15, 0.2) is 24.5 Å². The molecule has 1 amide bonds. The minimum Gasteiger partial charge on any atom is -0.444 e. The zero-order chi connectivity index (χ0) is 23.5. The molecule has 4 rings (SSSR count). The highest BCUT2D eigenvalue weighted by atomic mass is 16.7. The Bertz CT molecular complexity index is 850. The molecule has 0 radical (unpaired) electrons. The van der Waals surface area contributed by atoms with Crippen molar-refractivity contribution in [2.45, 2.75) is 95.2 Å². The molecule has 1 unspecified atom stereocenters. The zero-order valence-electron chi connectivity index (χ0n) is 20.1. The molecule has 3 aliphatic rings. The number of ether oxygens (including phenoxy) is 4. The number of rotatable bonds is 3. The van der Waals surface area contributed by atoms with Gasteiger partial charge in [0, 0.05) is 25.4 Å². The van der Waals surface area contributed by atoms with E-state index in [1.165, 1.54) is 0 Å². The number of nitrogens with zero attached hydrogens (tertiary/aromatic N) is 2. The normalized spacial score (nSPS) is 34.0. The van der Waals surface area contributed by atoms with E-state index < -0.39 is 52.9 Å². The van der Waals surface area contributed by atoms with Gasteiger partial charge in [-0.25, -0.2) is 4.79 Å². The van der Waals surface area contributed by atoms with Gasteiger partial charge in [0.1, 0.15) is 17.3 Å². The predicted molar refractivity (Wildman–Crippen MR) is 117 cm³/mol. The maximum Gasteiger partial charge on any atom is 0.410 e. The molecule has 8 heteroatoms. The Morgan fingerprint density at radius 2 is 1.97 bits per heavy atom. The Kier molecular flexibility index (Phi) is 5.60. The molecule has 1 N–H and O–H groups in total. The van der Waals surface area contributed by atoms with Gasteiger partial charge in [-0.2, -0.15) is 0 Å². The molecule has 8 nitrogen and oxygen atoms in total. The van der Waals surface area contributed by atoms with Gasteiger partial charge in [-0.1, -0.05) is 6.07 Å². The van der Waals surface area contributed by atoms with E-state index in [9.17, 15) is 9.90 Å². The SMILES string of the molecule is CO[C@@]1(C)O[C@@H]2[C@@H](C(O)c3cccnc3)C3(CC3)N(C(=O)OC(C)(C)C)C[C@H]2OC1(C)C. The van der Waals surface area contributed by atoms with Crippen molar-refractivity contribution in [3.05, 3.63) is 30.1 Å². The number of aliphatic hydroxyl groups excluding tert-OH is 1. The summed E-state index contributed by atoms with van der Waals surface area (Å²) >= 11 is 0. The Morgan fingerprint density at radius 3 is 2.50 bits per heavy atom. The molecule has 1 aromatic rings. The standard InChI is InChI=1S/C24H36N2O6/c1-21(2,3)32-20(28)26-14-16-19(31-23(6,29-7)22(4,5)30-16)17(24(26)10-11-24)18(27)15-9-8-12-25-13-15/h8-9,12-13,16-19,27H,10-11,14H2,1-7H3/t16-,17-,18?,19+,23+/m1/s1. The van der Waals surface area contributed by atoms with E-state index >= 15 is 0 Å². The average molecular weight is 449 g/mol. The number of carbonyl (C=O) groups is 1. The van der Waals surface area contributed by atoms with Gasteiger partial charge in [-0.15, -0.1) is 0 Å². The van der Waals surface area contributed by atoms with Crippen LogP contribution in [0, 0.1) is 5.92 Å². The molecule has 178 valence electrons. The van der Waals surface area contributed by atoms with Crippen LogP contribution in [0.5, 0.6) is 0 Å². The van der Waals surface area contributed by atoms with Crippen LogP contribution in [0.2, 0.25) is 0 Å². The van der Waals surface area contributed by atoms with Gasteiger partial charge in [0.05, 0.1) is 24.3 Å². The molecule has 0 bridgehead atoms. The average Bonchev–Trinajstić information content (AvgIpc) is 3.48. The van der Waals surface area contributed by atoms with Gasteiger partial charge in [0.15, 0.2) is 5.79 Å². The number of aliphatic hydroxyl groups is 1. The van der Waals surface area contributed by atoms with Gasteiger partial charge < -0.3 is 24.1 Å². The smallest absolute Gasteiger partial charge is 0.410 e. The van der Waals surface area contributed by atoms with Crippen LogP contribution in [0.1, 0.15) is 66.1 Å². The number of hydrogen-bond acceptors (Lipinski definition) is 7. The van der Waals surface area contributed by atoms with Crippen molar-refractivity contribution in [2.24, 2.45) is 5.92 Å². The molecule has 3 heterocycles. The number of fused-ring (bicyclic) bond motifs is 1. The van der Waals surface area contributed by atoms with E-state index in [1.54, 1.807) is 30.5 Å². The maximum atomic E-state index is 13.3. The topological polar surface area (TPSA) is 90.4 Å². The van der Waals surface area contributed by atoms with Crippen LogP contribution in [0.4, 0.5) is 4.79 Å². The van der Waals surface area contributed by atoms with Gasteiger partial charge in [0.2, 0.25) is 0 Å². The lowest BCUT2D eigenvalue weighted by Gasteiger charge is -2.59. The van der Waals surface area contributed by atoms with Crippen molar-refractivity contribution in [1.29, 1.82) is 0 Å². The molecule has 1 aromatic heterocycles. The van der Waals surface area contributed by atoms with Crippen molar-refractivity contribution in [2.75, 3.05) is 13.7 Å². The van der Waals surface area contributed by atoms with Gasteiger partial charge in [-0.3, -0.25) is 9.88 Å². The Labute approximate surface area is 190 Å². The van der Waals surface area contributed by atoms with Crippen LogP contribution in [-0.2, 0) is 18.9 Å². The summed E-state index contributed by atoms with van der Waals surface area (Å²) in [6.07, 6.45) is 2.65. The number of likely N-dealkylation sites (tertiary alicyclic amines) is 1. The lowest BCUT2D eigenvalue weighted by atomic mass is 9.75. The number of amides is 1. The number of aromatic nitrogens is 1. The van der Waals surface area contributed by atoms with Crippen molar-refractivity contribution in [1.82, 2.24) is 9.88 Å². The first-order chi connectivity index (χ1) is 14.8. The molecule has 32 heavy (non-hydrogen) atoms. The predicted octanol–water partition coefficient (Wildman–Crippen LogP) is 3.44. The van der Waals surface area contributed by atoms with E-state index in [2.05, 4.69) is 4.98 Å². The molecule has 3 fully saturated rings. The third-order valence-corrected chi connectivity index (χ3v) is 7.27. The summed E-state index contributed by atoms with van der Waals surface area (Å²) in [5, 5.41) is 11.6. The molecule has 1 aliphatic carbocycles. The summed E-state index contributed by atoms with van der Waals surface area (Å²) in [4.78, 5) is 19.2. The fraction of sp³-hybridized carbons (Fsp3) is 0.750. The summed E-state index contributed by atoms with van der Waals surface area (Å²) in [5.74, 6) is -1.44. The summed E-state index contributed by atoms with van der Waals surface area (Å²) in [7, 11) is 1.60. The highest BCUT2D eigenvalue weighted by Crippen LogP contribution is 2.59. The summed E-state index contributed by atoms with van der Waals surface area (Å²) in [6.45, 7) is 11.6. The van der Waals surface area contributed by atoms with Gasteiger partial charge >= 0.3 is 6.09 Å². The zero-order valence-corrected chi connectivity index (χ0v) is 20.1. The van der Waals surface area contributed by atoms with Crippen LogP contribution < -0.4 is 0 Å². The summed E-state index contributed by atoms with van der Waals surface area (Å²) in [6, 6.07) is 3.64. The summed E-state index contributed by atoms with van der Waals surface area (Å²) < 4.78 is 24.6. The van der Waals surface area contributed by atoms with E-state index in [0.29, 0.717) is 12.1 Å². The Hall–Kier alpha value is -1.74. The molecule has 0 aromatic carbocycles. The van der Waals surface area contributed by atoms with Crippen LogP contribution in [-0.4, -0.2) is 69.5 Å². The highest BCUT2D eigenvalue weighted by molar-refractivity contribution is 5.70. The monoisotopic (exact) mass is 448 g/mol. The molecule has 1 saturated carbocycles. The second-order valence-electron chi connectivity index (χ2n) is 10.9. The maximum absolute atomic E-state index is 13.3. The lowest BCUT2D eigenvalue weighted by molar-refractivity contribution is -0.401. The van der Waals surface area contributed by atoms with Crippen LogP contribution >= 0.6 is 0 Å². The minimum absolute atomic E-state index is 0.332. The first-order valence-electron chi connectivity index (χ1n) is 11.3. The van der Waals surface area contributed by atoms with E-state index in [0.717, 1.165) is 12.8 Å². The minimum atomic E-state index is -1.01. The van der Waals surface area contributed by atoms with E-state index in [1.807, 2.05) is 47.6 Å². The second kappa shape index (κ2) is 7.65. The quantitative estimate of drug-likeness (QED) is 0.757. The third kappa shape index (κ3) is 3.81. The molecular weight excluding hydrogens is 412 g/mol. The van der Waals surface area contributed by atoms with Crippen molar-refractivity contribution in [3.8, 4) is 0 Å². The van der Waals surface area contributed by atoms with E-state index in [-0.39, 0.29) is 0 Å². The fourth-order valence-corrected chi connectivity index (χ4v) is 5.15. The van der Waals surface area contributed by atoms with Crippen molar-refractivity contribution in [3.63, 3.8) is 0 Å². The van der Waals surface area contributed by atoms with Crippen LogP contribution in [0.25, 0.3) is 0 Å². The first-order valence-corrected chi connectivity index (χ1v) is 11.3. The number of pyridine rings is 1. The molecular formula is C24H36N2O6. The lowest BCUT2D eigenvalue weighted by Crippen LogP contribution is -2.72. The highest BCUT2D eigenvalue weighted by Gasteiger charge is 2.69. The van der Waals surface area contributed by atoms with Crippen molar-refractivity contribution < 1.29 is 28.8 Å².